The van der Waals surface area contributed by atoms with Gasteiger partial charge in [-0.15, -0.1) is 0 Å². The second-order valence-corrected chi connectivity index (χ2v) is 5.81. The van der Waals surface area contributed by atoms with E-state index in [1.807, 2.05) is 12.1 Å². The summed E-state index contributed by atoms with van der Waals surface area (Å²) >= 11 is 0. The predicted molar refractivity (Wildman–Crippen MR) is 80.5 cm³/mol. The van der Waals surface area contributed by atoms with Crippen molar-refractivity contribution in [3.8, 4) is 11.5 Å². The van der Waals surface area contributed by atoms with Gasteiger partial charge in [-0.25, -0.2) is 0 Å². The number of benzene rings is 1. The van der Waals surface area contributed by atoms with Gasteiger partial charge < -0.3 is 20.1 Å². The lowest BCUT2D eigenvalue weighted by atomic mass is 10.1. The molecule has 1 aliphatic heterocycles. The molecule has 0 saturated heterocycles. The van der Waals surface area contributed by atoms with Gasteiger partial charge in [-0.3, -0.25) is 4.99 Å². The quantitative estimate of drug-likeness (QED) is 0.655. The van der Waals surface area contributed by atoms with Crippen molar-refractivity contribution >= 4 is 5.96 Å². The number of aliphatic imine (C=N–C) groups is 1. The zero-order valence-electron chi connectivity index (χ0n) is 12.6. The SMILES string of the molecule is CN=C(NCCc1ccc2c(c1)OCO2)NC(C)(C)C. The van der Waals surface area contributed by atoms with Crippen LogP contribution in [0.1, 0.15) is 26.3 Å². The maximum atomic E-state index is 5.37. The van der Waals surface area contributed by atoms with Gasteiger partial charge in [0.2, 0.25) is 6.79 Å². The lowest BCUT2D eigenvalue weighted by molar-refractivity contribution is 0.174. The maximum Gasteiger partial charge on any atom is 0.231 e. The monoisotopic (exact) mass is 277 g/mol. The molecule has 0 fully saturated rings. The van der Waals surface area contributed by atoms with Crippen molar-refractivity contribution in [1.82, 2.24) is 10.6 Å². The van der Waals surface area contributed by atoms with Gasteiger partial charge in [0.05, 0.1) is 0 Å². The summed E-state index contributed by atoms with van der Waals surface area (Å²) in [6.07, 6.45) is 0.904. The summed E-state index contributed by atoms with van der Waals surface area (Å²) in [5.41, 5.74) is 1.22. The Balaban J connectivity index is 1.83. The molecule has 0 atom stereocenters. The zero-order valence-corrected chi connectivity index (χ0v) is 12.6. The van der Waals surface area contributed by atoms with E-state index in [2.05, 4.69) is 42.5 Å². The lowest BCUT2D eigenvalue weighted by Gasteiger charge is -2.23. The lowest BCUT2D eigenvalue weighted by Crippen LogP contribution is -2.48. The minimum atomic E-state index is 0.000587. The molecule has 1 aliphatic rings. The second kappa shape index (κ2) is 6.03. The third-order valence-corrected chi connectivity index (χ3v) is 2.86. The average Bonchev–Trinajstić information content (AvgIpc) is 2.83. The Hall–Kier alpha value is -1.91. The van der Waals surface area contributed by atoms with Crippen LogP contribution in [0.4, 0.5) is 0 Å². The normalized spacial score (nSPS) is 14.3. The van der Waals surface area contributed by atoms with Crippen LogP contribution in [0, 0.1) is 0 Å². The first kappa shape index (κ1) is 14.5. The molecule has 20 heavy (non-hydrogen) atoms. The van der Waals surface area contributed by atoms with Crippen molar-refractivity contribution in [3.63, 3.8) is 0 Å². The van der Waals surface area contributed by atoms with E-state index in [1.54, 1.807) is 7.05 Å². The Kier molecular flexibility index (Phi) is 4.37. The van der Waals surface area contributed by atoms with Crippen molar-refractivity contribution in [3.05, 3.63) is 23.8 Å². The highest BCUT2D eigenvalue weighted by molar-refractivity contribution is 5.80. The molecule has 0 spiro atoms. The molecule has 0 aliphatic carbocycles. The van der Waals surface area contributed by atoms with Gasteiger partial charge in [0.15, 0.2) is 17.5 Å². The highest BCUT2D eigenvalue weighted by atomic mass is 16.7. The molecule has 1 heterocycles. The number of hydrogen-bond donors (Lipinski definition) is 2. The second-order valence-electron chi connectivity index (χ2n) is 5.81. The number of nitrogens with one attached hydrogen (secondary N) is 2. The van der Waals surface area contributed by atoms with Gasteiger partial charge in [-0.2, -0.15) is 0 Å². The number of rotatable bonds is 3. The first-order valence-electron chi connectivity index (χ1n) is 6.85. The van der Waals surface area contributed by atoms with E-state index in [-0.39, 0.29) is 5.54 Å². The van der Waals surface area contributed by atoms with Crippen molar-refractivity contribution < 1.29 is 9.47 Å². The smallest absolute Gasteiger partial charge is 0.231 e. The van der Waals surface area contributed by atoms with Crippen LogP contribution in [0.25, 0.3) is 0 Å². The number of fused-ring (bicyclic) bond motifs is 1. The van der Waals surface area contributed by atoms with Crippen molar-refractivity contribution in [2.24, 2.45) is 4.99 Å². The predicted octanol–water partition coefficient (Wildman–Crippen LogP) is 1.92. The Morgan fingerprint density at radius 3 is 2.70 bits per heavy atom. The van der Waals surface area contributed by atoms with Crippen LogP contribution in [-0.2, 0) is 6.42 Å². The maximum absolute atomic E-state index is 5.37. The minimum Gasteiger partial charge on any atom is -0.454 e. The first-order valence-corrected chi connectivity index (χ1v) is 6.85. The van der Waals surface area contributed by atoms with Crippen molar-refractivity contribution in [2.75, 3.05) is 20.4 Å². The summed E-state index contributed by atoms with van der Waals surface area (Å²) in [6, 6.07) is 6.05. The molecule has 2 rings (SSSR count). The van der Waals surface area contributed by atoms with Crippen LogP contribution in [0.5, 0.6) is 11.5 Å². The fourth-order valence-corrected chi connectivity index (χ4v) is 1.96. The average molecular weight is 277 g/mol. The molecule has 1 aromatic carbocycles. The summed E-state index contributed by atoms with van der Waals surface area (Å²) in [4.78, 5) is 4.21. The summed E-state index contributed by atoms with van der Waals surface area (Å²) in [5, 5.41) is 6.64. The van der Waals surface area contributed by atoms with E-state index in [0.717, 1.165) is 30.4 Å². The number of ether oxygens (including phenoxy) is 2. The molecule has 5 heteroatoms. The molecule has 110 valence electrons. The van der Waals surface area contributed by atoms with Crippen LogP contribution in [0.15, 0.2) is 23.2 Å². The van der Waals surface area contributed by atoms with Crippen LogP contribution in [0.2, 0.25) is 0 Å². The van der Waals surface area contributed by atoms with Crippen molar-refractivity contribution in [2.45, 2.75) is 32.7 Å². The summed E-state index contributed by atoms with van der Waals surface area (Å²) in [7, 11) is 1.78. The van der Waals surface area contributed by atoms with E-state index in [0.29, 0.717) is 6.79 Å². The molecule has 0 amide bonds. The molecule has 0 aromatic heterocycles. The third-order valence-electron chi connectivity index (χ3n) is 2.86. The molecule has 0 bridgehead atoms. The van der Waals surface area contributed by atoms with Gasteiger partial charge in [0, 0.05) is 19.1 Å². The van der Waals surface area contributed by atoms with Crippen molar-refractivity contribution in [1.29, 1.82) is 0 Å². The molecule has 2 N–H and O–H groups in total. The van der Waals surface area contributed by atoms with E-state index in [9.17, 15) is 0 Å². The van der Waals surface area contributed by atoms with E-state index < -0.39 is 0 Å². The number of nitrogens with zero attached hydrogens (tertiary/aromatic N) is 1. The largest absolute Gasteiger partial charge is 0.454 e. The molecular weight excluding hydrogens is 254 g/mol. The highest BCUT2D eigenvalue weighted by Crippen LogP contribution is 2.32. The van der Waals surface area contributed by atoms with E-state index in [4.69, 9.17) is 9.47 Å². The van der Waals surface area contributed by atoms with Gasteiger partial charge in [0.1, 0.15) is 0 Å². The Bertz CT molecular complexity index is 492. The fourth-order valence-electron chi connectivity index (χ4n) is 1.96. The van der Waals surface area contributed by atoms with Crippen LogP contribution >= 0.6 is 0 Å². The Labute approximate surface area is 120 Å². The number of guanidine groups is 1. The summed E-state index contributed by atoms with van der Waals surface area (Å²) < 4.78 is 10.7. The van der Waals surface area contributed by atoms with Gasteiger partial charge in [-0.05, 0) is 44.9 Å². The van der Waals surface area contributed by atoms with Crippen LogP contribution in [0.3, 0.4) is 0 Å². The first-order chi connectivity index (χ1) is 9.48. The molecule has 5 nitrogen and oxygen atoms in total. The fraction of sp³-hybridized carbons (Fsp3) is 0.533. The van der Waals surface area contributed by atoms with Crippen LogP contribution in [-0.4, -0.2) is 31.9 Å². The highest BCUT2D eigenvalue weighted by Gasteiger charge is 2.14. The minimum absolute atomic E-state index is 0.000587. The Morgan fingerprint density at radius 2 is 2.00 bits per heavy atom. The van der Waals surface area contributed by atoms with E-state index in [1.165, 1.54) is 5.56 Å². The summed E-state index contributed by atoms with van der Waals surface area (Å²) in [6.45, 7) is 7.46. The van der Waals surface area contributed by atoms with Crippen LogP contribution < -0.4 is 20.1 Å². The molecule has 0 unspecified atom stereocenters. The Morgan fingerprint density at radius 1 is 1.25 bits per heavy atom. The third kappa shape index (κ3) is 4.05. The summed E-state index contributed by atoms with van der Waals surface area (Å²) in [5.74, 6) is 2.48. The molecule has 0 saturated carbocycles. The van der Waals surface area contributed by atoms with Gasteiger partial charge in [0.25, 0.3) is 0 Å². The number of hydrogen-bond acceptors (Lipinski definition) is 3. The molecular formula is C15H23N3O2. The topological polar surface area (TPSA) is 54.9 Å². The zero-order chi connectivity index (χ0) is 14.6. The standard InChI is InChI=1S/C15H23N3O2/c1-15(2,3)18-14(16-4)17-8-7-11-5-6-12-13(9-11)20-10-19-12/h5-6,9H,7-8,10H2,1-4H3,(H2,16,17,18). The molecule has 1 aromatic rings. The van der Waals surface area contributed by atoms with Gasteiger partial charge >= 0.3 is 0 Å². The van der Waals surface area contributed by atoms with E-state index >= 15 is 0 Å². The molecule has 0 radical (unpaired) electrons. The van der Waals surface area contributed by atoms with Gasteiger partial charge in [-0.1, -0.05) is 6.07 Å².